The molecule has 3 nitrogen and oxygen atoms in total. The van der Waals surface area contributed by atoms with E-state index in [4.69, 9.17) is 11.6 Å². The summed E-state index contributed by atoms with van der Waals surface area (Å²) in [6.07, 6.45) is 0. The highest BCUT2D eigenvalue weighted by Gasteiger charge is 2.25. The van der Waals surface area contributed by atoms with Crippen LogP contribution < -0.4 is 10.2 Å². The summed E-state index contributed by atoms with van der Waals surface area (Å²) in [6.45, 7) is 2.58. The van der Waals surface area contributed by atoms with E-state index >= 15 is 0 Å². The topological polar surface area (TPSA) is 32.3 Å². The zero-order valence-electron chi connectivity index (χ0n) is 10.5. The minimum Gasteiger partial charge on any atom is -0.353 e. The molecule has 1 aliphatic rings. The smallest absolute Gasteiger partial charge is 0.260 e. The lowest BCUT2D eigenvalue weighted by Crippen LogP contribution is -2.29. The van der Waals surface area contributed by atoms with E-state index in [9.17, 15) is 4.79 Å². The van der Waals surface area contributed by atoms with Crippen LogP contribution >= 0.6 is 11.6 Å². The van der Waals surface area contributed by atoms with Crippen molar-refractivity contribution in [3.05, 3.63) is 53.1 Å². The maximum atomic E-state index is 12.6. The number of para-hydroxylation sites is 2. The first-order chi connectivity index (χ1) is 9.20. The predicted octanol–water partition coefficient (Wildman–Crippen LogP) is 4.06. The molecular weight excluding hydrogens is 260 g/mol. The van der Waals surface area contributed by atoms with Crippen LogP contribution in [0.2, 0.25) is 5.02 Å². The lowest BCUT2D eigenvalue weighted by atomic mass is 10.1. The Balaban J connectivity index is 2.23. The molecule has 1 heterocycles. The number of amides is 1. The SMILES string of the molecule is CCN1C(=O)c2cc(Cl)ccc2Nc2ccccc21. The lowest BCUT2D eigenvalue weighted by molar-refractivity contribution is 0.0990. The summed E-state index contributed by atoms with van der Waals surface area (Å²) in [4.78, 5) is 14.4. The fourth-order valence-electron chi connectivity index (χ4n) is 2.33. The number of hydrogen-bond donors (Lipinski definition) is 1. The lowest BCUT2D eigenvalue weighted by Gasteiger charge is -2.20. The Morgan fingerprint density at radius 1 is 1.16 bits per heavy atom. The van der Waals surface area contributed by atoms with E-state index < -0.39 is 0 Å². The van der Waals surface area contributed by atoms with Crippen molar-refractivity contribution in [1.82, 2.24) is 0 Å². The van der Waals surface area contributed by atoms with Gasteiger partial charge >= 0.3 is 0 Å². The van der Waals surface area contributed by atoms with Gasteiger partial charge in [0.05, 0.1) is 22.6 Å². The van der Waals surface area contributed by atoms with E-state index in [0.29, 0.717) is 17.1 Å². The third-order valence-corrected chi connectivity index (χ3v) is 3.47. The van der Waals surface area contributed by atoms with Crippen molar-refractivity contribution in [2.24, 2.45) is 0 Å². The predicted molar refractivity (Wildman–Crippen MR) is 78.5 cm³/mol. The summed E-state index contributed by atoms with van der Waals surface area (Å²) in [6, 6.07) is 13.1. The minimum atomic E-state index is -0.0301. The quantitative estimate of drug-likeness (QED) is 0.849. The standard InChI is InChI=1S/C15H13ClN2O/c1-2-18-14-6-4-3-5-13(14)17-12-8-7-10(16)9-11(12)15(18)19/h3-9,17H,2H2,1H3. The number of carbonyl (C=O) groups excluding carboxylic acids is 1. The number of halogens is 1. The van der Waals surface area contributed by atoms with Gasteiger partial charge in [-0.2, -0.15) is 0 Å². The third kappa shape index (κ3) is 1.96. The Kier molecular flexibility index (Phi) is 2.91. The van der Waals surface area contributed by atoms with Crippen LogP contribution in [-0.4, -0.2) is 12.5 Å². The first-order valence-electron chi connectivity index (χ1n) is 6.18. The minimum absolute atomic E-state index is 0.0301. The van der Waals surface area contributed by atoms with E-state index in [1.807, 2.05) is 37.3 Å². The van der Waals surface area contributed by atoms with Gasteiger partial charge in [-0.25, -0.2) is 0 Å². The summed E-state index contributed by atoms with van der Waals surface area (Å²) in [5.74, 6) is -0.0301. The first kappa shape index (κ1) is 12.1. The van der Waals surface area contributed by atoms with Crippen molar-refractivity contribution >= 4 is 34.6 Å². The molecule has 0 aromatic heterocycles. The average Bonchev–Trinajstić information content (AvgIpc) is 2.53. The van der Waals surface area contributed by atoms with Gasteiger partial charge in [-0.15, -0.1) is 0 Å². The van der Waals surface area contributed by atoms with Gasteiger partial charge in [0.25, 0.3) is 5.91 Å². The number of anilines is 3. The van der Waals surface area contributed by atoms with Crippen LogP contribution in [0.25, 0.3) is 0 Å². The van der Waals surface area contributed by atoms with Gasteiger partial charge in [-0.1, -0.05) is 23.7 Å². The molecule has 0 unspecified atom stereocenters. The van der Waals surface area contributed by atoms with E-state index in [-0.39, 0.29) is 5.91 Å². The highest BCUT2D eigenvalue weighted by molar-refractivity contribution is 6.31. The van der Waals surface area contributed by atoms with Gasteiger partial charge in [0, 0.05) is 11.6 Å². The Morgan fingerprint density at radius 3 is 2.74 bits per heavy atom. The van der Waals surface area contributed by atoms with E-state index in [1.54, 1.807) is 17.0 Å². The van der Waals surface area contributed by atoms with Crippen molar-refractivity contribution in [2.75, 3.05) is 16.8 Å². The molecular formula is C15H13ClN2O. The van der Waals surface area contributed by atoms with Crippen molar-refractivity contribution in [1.29, 1.82) is 0 Å². The molecule has 0 radical (unpaired) electrons. The van der Waals surface area contributed by atoms with Gasteiger partial charge in [-0.05, 0) is 37.3 Å². The Bertz CT molecular complexity index is 654. The second-order valence-corrected chi connectivity index (χ2v) is 4.82. The number of nitrogens with one attached hydrogen (secondary N) is 1. The van der Waals surface area contributed by atoms with E-state index in [0.717, 1.165) is 17.1 Å². The van der Waals surface area contributed by atoms with E-state index in [1.165, 1.54) is 0 Å². The van der Waals surface area contributed by atoms with Crippen molar-refractivity contribution in [3.8, 4) is 0 Å². The van der Waals surface area contributed by atoms with Crippen LogP contribution in [-0.2, 0) is 0 Å². The van der Waals surface area contributed by atoms with Crippen LogP contribution in [0.3, 0.4) is 0 Å². The Labute approximate surface area is 116 Å². The van der Waals surface area contributed by atoms with Gasteiger partial charge in [-0.3, -0.25) is 4.79 Å². The van der Waals surface area contributed by atoms with Crippen LogP contribution in [0.1, 0.15) is 17.3 Å². The van der Waals surface area contributed by atoms with Crippen LogP contribution in [0.5, 0.6) is 0 Å². The molecule has 3 rings (SSSR count). The fraction of sp³-hybridized carbons (Fsp3) is 0.133. The molecule has 4 heteroatoms. The molecule has 1 aliphatic heterocycles. The third-order valence-electron chi connectivity index (χ3n) is 3.24. The summed E-state index contributed by atoms with van der Waals surface area (Å²) in [5.41, 5.74) is 3.21. The molecule has 0 bridgehead atoms. The van der Waals surface area contributed by atoms with Gasteiger partial charge in [0.1, 0.15) is 0 Å². The molecule has 19 heavy (non-hydrogen) atoms. The largest absolute Gasteiger partial charge is 0.353 e. The fourth-order valence-corrected chi connectivity index (χ4v) is 2.50. The summed E-state index contributed by atoms with van der Waals surface area (Å²) < 4.78 is 0. The number of fused-ring (bicyclic) bond motifs is 2. The molecule has 1 N–H and O–H groups in total. The molecule has 1 amide bonds. The zero-order valence-corrected chi connectivity index (χ0v) is 11.2. The number of nitrogens with zero attached hydrogens (tertiary/aromatic N) is 1. The van der Waals surface area contributed by atoms with Gasteiger partial charge < -0.3 is 10.2 Å². The molecule has 0 saturated heterocycles. The van der Waals surface area contributed by atoms with Crippen LogP contribution in [0.15, 0.2) is 42.5 Å². The summed E-state index contributed by atoms with van der Waals surface area (Å²) in [5, 5.41) is 3.87. The average molecular weight is 273 g/mol. The van der Waals surface area contributed by atoms with Crippen LogP contribution in [0.4, 0.5) is 17.1 Å². The molecule has 0 saturated carbocycles. The zero-order chi connectivity index (χ0) is 13.4. The highest BCUT2D eigenvalue weighted by Crippen LogP contribution is 2.36. The number of carbonyl (C=O) groups is 1. The maximum Gasteiger partial charge on any atom is 0.260 e. The molecule has 96 valence electrons. The van der Waals surface area contributed by atoms with Crippen LogP contribution in [0, 0.1) is 0 Å². The highest BCUT2D eigenvalue weighted by atomic mass is 35.5. The molecule has 2 aromatic carbocycles. The second kappa shape index (κ2) is 4.59. The number of hydrogen-bond acceptors (Lipinski definition) is 2. The van der Waals surface area contributed by atoms with Crippen molar-refractivity contribution in [3.63, 3.8) is 0 Å². The van der Waals surface area contributed by atoms with Crippen molar-refractivity contribution < 1.29 is 4.79 Å². The monoisotopic (exact) mass is 272 g/mol. The number of rotatable bonds is 1. The Morgan fingerprint density at radius 2 is 1.95 bits per heavy atom. The second-order valence-electron chi connectivity index (χ2n) is 4.38. The van der Waals surface area contributed by atoms with E-state index in [2.05, 4.69) is 5.32 Å². The van der Waals surface area contributed by atoms with Gasteiger partial charge in [0.15, 0.2) is 0 Å². The molecule has 0 fully saturated rings. The summed E-state index contributed by atoms with van der Waals surface area (Å²) in [7, 11) is 0. The summed E-state index contributed by atoms with van der Waals surface area (Å²) >= 11 is 6.00. The molecule has 0 spiro atoms. The molecule has 2 aromatic rings. The molecule has 0 atom stereocenters. The van der Waals surface area contributed by atoms with Gasteiger partial charge in [0.2, 0.25) is 0 Å². The van der Waals surface area contributed by atoms with Crippen molar-refractivity contribution in [2.45, 2.75) is 6.92 Å². The normalized spacial score (nSPS) is 13.4. The first-order valence-corrected chi connectivity index (χ1v) is 6.56. The molecule has 0 aliphatic carbocycles. The maximum absolute atomic E-state index is 12.6. The Hall–Kier alpha value is -2.00. The number of benzene rings is 2.